The molecule has 3 heteroatoms. The Bertz CT molecular complexity index is 713. The first-order valence-electron chi connectivity index (χ1n) is 7.27. The van der Waals surface area contributed by atoms with Crippen LogP contribution in [-0.2, 0) is 6.54 Å². The number of hydrogen-bond donors (Lipinski definition) is 0. The van der Waals surface area contributed by atoms with Crippen LogP contribution >= 0.6 is 0 Å². The Morgan fingerprint density at radius 1 is 1.20 bits per heavy atom. The molecule has 0 aliphatic carbocycles. The number of likely N-dealkylation sites (N-methyl/N-ethyl adjacent to an activating group) is 1. The van der Waals surface area contributed by atoms with Crippen molar-refractivity contribution in [2.75, 3.05) is 20.7 Å². The van der Waals surface area contributed by atoms with Crippen molar-refractivity contribution in [3.05, 3.63) is 36.0 Å². The van der Waals surface area contributed by atoms with Crippen LogP contribution in [0.25, 0.3) is 16.5 Å². The first kappa shape index (κ1) is 12.0. The molecule has 0 bridgehead atoms. The molecule has 0 spiro atoms. The average molecular weight is 268 g/mol. The van der Waals surface area contributed by atoms with Crippen LogP contribution < -0.4 is 4.74 Å². The predicted molar refractivity (Wildman–Crippen MR) is 82.0 cm³/mol. The Labute approximate surface area is 119 Å². The number of methoxy groups -OCH3 is 1. The summed E-state index contributed by atoms with van der Waals surface area (Å²) in [4.78, 5) is 2.49. The molecule has 2 aliphatic heterocycles. The summed E-state index contributed by atoms with van der Waals surface area (Å²) in [5.74, 6) is 1.59. The number of hydrogen-bond acceptors (Lipinski definition) is 2. The van der Waals surface area contributed by atoms with Gasteiger partial charge in [0.25, 0.3) is 0 Å². The average Bonchev–Trinajstić information content (AvgIpc) is 2.85. The maximum atomic E-state index is 5.50. The number of fused-ring (bicyclic) bond motifs is 2. The fourth-order valence-electron chi connectivity index (χ4n) is 3.84. The van der Waals surface area contributed by atoms with E-state index < -0.39 is 0 Å². The summed E-state index contributed by atoms with van der Waals surface area (Å²) in [5.41, 5.74) is 4.19. The summed E-state index contributed by atoms with van der Waals surface area (Å²) in [6, 6.07) is 7.01. The summed E-state index contributed by atoms with van der Waals surface area (Å²) in [5, 5.41) is 1.23. The molecule has 2 aromatic rings. The first-order chi connectivity index (χ1) is 9.69. The van der Waals surface area contributed by atoms with Crippen LogP contribution in [0.3, 0.4) is 0 Å². The van der Waals surface area contributed by atoms with Gasteiger partial charge in [0.15, 0.2) is 0 Å². The van der Waals surface area contributed by atoms with Gasteiger partial charge < -0.3 is 9.30 Å². The van der Waals surface area contributed by atoms with Crippen LogP contribution in [0.4, 0.5) is 0 Å². The SMILES string of the molecule is COc1ccc2c3c1ccn3CC1C2=C[C@@H](C)CN1C. The van der Waals surface area contributed by atoms with E-state index in [0.29, 0.717) is 12.0 Å². The third-order valence-corrected chi connectivity index (χ3v) is 4.72. The highest BCUT2D eigenvalue weighted by atomic mass is 16.5. The van der Waals surface area contributed by atoms with E-state index in [9.17, 15) is 0 Å². The first-order valence-corrected chi connectivity index (χ1v) is 7.27. The molecule has 104 valence electrons. The van der Waals surface area contributed by atoms with Gasteiger partial charge in [0.05, 0.1) is 18.7 Å². The van der Waals surface area contributed by atoms with E-state index in [-0.39, 0.29) is 0 Å². The molecule has 1 aromatic carbocycles. The largest absolute Gasteiger partial charge is 0.496 e. The molecule has 2 aliphatic rings. The molecule has 0 saturated heterocycles. The molecule has 0 N–H and O–H groups in total. The molecule has 0 saturated carbocycles. The van der Waals surface area contributed by atoms with Gasteiger partial charge in [-0.2, -0.15) is 0 Å². The number of rotatable bonds is 1. The molecule has 0 amide bonds. The molecule has 0 radical (unpaired) electrons. The Balaban J connectivity index is 2.00. The summed E-state index contributed by atoms with van der Waals surface area (Å²) >= 11 is 0. The van der Waals surface area contributed by atoms with Crippen molar-refractivity contribution >= 4 is 16.5 Å². The normalized spacial score (nSPS) is 25.4. The highest BCUT2D eigenvalue weighted by Crippen LogP contribution is 2.41. The highest BCUT2D eigenvalue weighted by molar-refractivity contribution is 5.98. The summed E-state index contributed by atoms with van der Waals surface area (Å²) < 4.78 is 7.88. The standard InChI is InChI=1S/C17H20N2O/c1-11-8-14-12-4-5-16(20-3)13-6-7-19(17(12)13)10-15(14)18(2)9-11/h4-8,11,15H,9-10H2,1-3H3/t11-,15?/m1/s1. The van der Waals surface area contributed by atoms with E-state index in [4.69, 9.17) is 4.74 Å². The van der Waals surface area contributed by atoms with E-state index in [1.165, 1.54) is 22.0 Å². The molecule has 4 rings (SSSR count). The minimum atomic E-state index is 0.502. The number of benzene rings is 1. The zero-order chi connectivity index (χ0) is 13.9. The summed E-state index contributed by atoms with van der Waals surface area (Å²) in [6.07, 6.45) is 4.65. The van der Waals surface area contributed by atoms with Crippen LogP contribution in [-0.4, -0.2) is 36.2 Å². The maximum Gasteiger partial charge on any atom is 0.128 e. The smallest absolute Gasteiger partial charge is 0.128 e. The van der Waals surface area contributed by atoms with Crippen LogP contribution in [0.15, 0.2) is 30.5 Å². The van der Waals surface area contributed by atoms with Gasteiger partial charge in [-0.3, -0.25) is 4.90 Å². The van der Waals surface area contributed by atoms with Crippen LogP contribution in [0.1, 0.15) is 12.5 Å². The lowest BCUT2D eigenvalue weighted by Crippen LogP contribution is -2.43. The van der Waals surface area contributed by atoms with Crippen molar-refractivity contribution in [1.82, 2.24) is 9.47 Å². The van der Waals surface area contributed by atoms with Gasteiger partial charge in [-0.05, 0) is 36.7 Å². The van der Waals surface area contributed by atoms with Crippen molar-refractivity contribution in [3.63, 3.8) is 0 Å². The lowest BCUT2D eigenvalue weighted by atomic mass is 9.86. The Hall–Kier alpha value is -1.74. The van der Waals surface area contributed by atoms with Gasteiger partial charge in [0, 0.05) is 30.2 Å². The predicted octanol–water partition coefficient (Wildman–Crippen LogP) is 3.00. The van der Waals surface area contributed by atoms with Gasteiger partial charge >= 0.3 is 0 Å². The van der Waals surface area contributed by atoms with Gasteiger partial charge in [-0.1, -0.05) is 13.0 Å². The molecule has 3 nitrogen and oxygen atoms in total. The highest BCUT2D eigenvalue weighted by Gasteiger charge is 2.32. The number of ether oxygens (including phenoxy) is 1. The number of aromatic nitrogens is 1. The molecule has 1 aromatic heterocycles. The van der Waals surface area contributed by atoms with Crippen molar-refractivity contribution in [3.8, 4) is 5.75 Å². The van der Waals surface area contributed by atoms with Crippen molar-refractivity contribution < 1.29 is 4.74 Å². The van der Waals surface area contributed by atoms with Crippen molar-refractivity contribution in [2.45, 2.75) is 19.5 Å². The van der Waals surface area contributed by atoms with Gasteiger partial charge in [-0.15, -0.1) is 0 Å². The summed E-state index contributed by atoms with van der Waals surface area (Å²) in [7, 11) is 3.99. The molecule has 0 fully saturated rings. The van der Waals surface area contributed by atoms with Gasteiger partial charge in [-0.25, -0.2) is 0 Å². The van der Waals surface area contributed by atoms with Crippen LogP contribution in [0, 0.1) is 5.92 Å². The topological polar surface area (TPSA) is 17.4 Å². The van der Waals surface area contributed by atoms with E-state index in [0.717, 1.165) is 18.8 Å². The zero-order valence-electron chi connectivity index (χ0n) is 12.3. The van der Waals surface area contributed by atoms with E-state index in [1.807, 2.05) is 0 Å². The minimum Gasteiger partial charge on any atom is -0.496 e. The molecular formula is C17H20N2O. The second kappa shape index (κ2) is 4.13. The molecule has 3 heterocycles. The fourth-order valence-corrected chi connectivity index (χ4v) is 3.84. The van der Waals surface area contributed by atoms with Crippen molar-refractivity contribution in [1.29, 1.82) is 0 Å². The molecule has 1 unspecified atom stereocenters. The third kappa shape index (κ3) is 1.50. The fraction of sp³-hybridized carbons (Fsp3) is 0.412. The second-order valence-corrected chi connectivity index (χ2v) is 6.10. The molecule has 2 atom stereocenters. The maximum absolute atomic E-state index is 5.50. The van der Waals surface area contributed by atoms with Crippen molar-refractivity contribution in [2.24, 2.45) is 5.92 Å². The lowest BCUT2D eigenvalue weighted by Gasteiger charge is -2.39. The van der Waals surface area contributed by atoms with E-state index in [1.54, 1.807) is 7.11 Å². The quantitative estimate of drug-likeness (QED) is 0.791. The monoisotopic (exact) mass is 268 g/mol. The van der Waals surface area contributed by atoms with Crippen LogP contribution in [0.5, 0.6) is 5.75 Å². The Morgan fingerprint density at radius 2 is 2.05 bits per heavy atom. The van der Waals surface area contributed by atoms with Gasteiger partial charge in [0.1, 0.15) is 5.75 Å². The number of nitrogens with zero attached hydrogens (tertiary/aromatic N) is 2. The third-order valence-electron chi connectivity index (χ3n) is 4.72. The lowest BCUT2D eigenvalue weighted by molar-refractivity contribution is 0.234. The molecule has 20 heavy (non-hydrogen) atoms. The van der Waals surface area contributed by atoms with Gasteiger partial charge in [0.2, 0.25) is 0 Å². The molecular weight excluding hydrogens is 248 g/mol. The minimum absolute atomic E-state index is 0.502. The van der Waals surface area contributed by atoms with E-state index in [2.05, 4.69) is 53.9 Å². The second-order valence-electron chi connectivity index (χ2n) is 6.10. The van der Waals surface area contributed by atoms with Crippen LogP contribution in [0.2, 0.25) is 0 Å². The summed E-state index contributed by atoms with van der Waals surface area (Å²) in [6.45, 7) is 4.48. The zero-order valence-corrected chi connectivity index (χ0v) is 12.3. The Kier molecular flexibility index (Phi) is 2.48. The van der Waals surface area contributed by atoms with E-state index >= 15 is 0 Å². The Morgan fingerprint density at radius 3 is 2.85 bits per heavy atom.